The van der Waals surface area contributed by atoms with Gasteiger partial charge < -0.3 is 8.83 Å². The first-order valence-electron chi connectivity index (χ1n) is 9.55. The summed E-state index contributed by atoms with van der Waals surface area (Å²) in [4.78, 5) is 2.42. The predicted octanol–water partition coefficient (Wildman–Crippen LogP) is 4.29. The van der Waals surface area contributed by atoms with E-state index in [0.29, 0.717) is 30.2 Å². The minimum Gasteiger partial charge on any atom is -0.455 e. The van der Waals surface area contributed by atoms with E-state index in [9.17, 15) is 8.42 Å². The lowest BCUT2D eigenvalue weighted by atomic mass is 10.4. The zero-order valence-electron chi connectivity index (χ0n) is 16.3. The van der Waals surface area contributed by atoms with E-state index in [-0.39, 0.29) is 16.7 Å². The van der Waals surface area contributed by atoms with E-state index in [2.05, 4.69) is 28.9 Å². The van der Waals surface area contributed by atoms with Crippen LogP contribution >= 0.6 is 11.6 Å². The second-order valence-corrected chi connectivity index (χ2v) is 9.79. The van der Waals surface area contributed by atoms with Crippen molar-refractivity contribution in [2.45, 2.75) is 42.9 Å². The molecular formula is C20H22ClN3O4S. The highest BCUT2D eigenvalue weighted by atomic mass is 35.5. The third-order valence-corrected chi connectivity index (χ3v) is 8.06. The quantitative estimate of drug-likeness (QED) is 0.521. The molecule has 154 valence electrons. The average Bonchev–Trinajstić information content (AvgIpc) is 3.17. The molecule has 1 aliphatic rings. The van der Waals surface area contributed by atoms with Crippen LogP contribution in [0.2, 0.25) is 5.02 Å². The van der Waals surface area contributed by atoms with Crippen molar-refractivity contribution in [3.8, 4) is 11.7 Å². The van der Waals surface area contributed by atoms with Crippen LogP contribution in [-0.4, -0.2) is 36.6 Å². The molecule has 0 radical (unpaired) electrons. The number of hydrogen-bond donors (Lipinski definition) is 0. The second kappa shape index (κ2) is 7.59. The fourth-order valence-electron chi connectivity index (χ4n) is 3.30. The molecule has 2 heterocycles. The van der Waals surface area contributed by atoms with Crippen LogP contribution in [0.1, 0.15) is 38.3 Å². The largest absolute Gasteiger partial charge is 0.455 e. The van der Waals surface area contributed by atoms with Gasteiger partial charge in [-0.05, 0) is 62.3 Å². The minimum atomic E-state index is -3.68. The van der Waals surface area contributed by atoms with Gasteiger partial charge in [-0.1, -0.05) is 25.4 Å². The molecule has 0 amide bonds. The highest BCUT2D eigenvalue weighted by Gasteiger charge is 2.60. The summed E-state index contributed by atoms with van der Waals surface area (Å²) in [7, 11) is -3.68. The zero-order valence-corrected chi connectivity index (χ0v) is 17.8. The fourth-order valence-corrected chi connectivity index (χ4v) is 5.33. The lowest BCUT2D eigenvalue weighted by molar-refractivity contribution is 0.269. The molecule has 4 rings (SSSR count). The first-order valence-corrected chi connectivity index (χ1v) is 11.4. The SMILES string of the molecule is CCN(CC)Cc1ccc(-c2nnc(C3(S(=O)(=O)c4ccc(Cl)cc4)CC3)o2)o1. The van der Waals surface area contributed by atoms with Crippen LogP contribution in [0.5, 0.6) is 0 Å². The van der Waals surface area contributed by atoms with Gasteiger partial charge >= 0.3 is 0 Å². The Kier molecular flexibility index (Phi) is 5.27. The Balaban J connectivity index is 1.59. The van der Waals surface area contributed by atoms with Crippen molar-refractivity contribution in [3.63, 3.8) is 0 Å². The molecule has 1 aliphatic carbocycles. The molecule has 2 aromatic heterocycles. The number of aromatic nitrogens is 2. The van der Waals surface area contributed by atoms with Gasteiger partial charge in [0.2, 0.25) is 5.89 Å². The fraction of sp³-hybridized carbons (Fsp3) is 0.400. The standard InChI is InChI=1S/C20H22ClN3O4S/c1-3-24(4-2)13-15-7-10-17(27-15)18-22-23-19(28-18)20(11-12-20)29(25,26)16-8-5-14(21)6-9-16/h5-10H,3-4,11-13H2,1-2H3. The normalized spacial score (nSPS) is 15.7. The van der Waals surface area contributed by atoms with Gasteiger partial charge in [0.1, 0.15) is 5.76 Å². The number of halogens is 1. The summed E-state index contributed by atoms with van der Waals surface area (Å²) in [6.07, 6.45) is 0.871. The third kappa shape index (κ3) is 3.60. The Hall–Kier alpha value is -2.16. The summed E-state index contributed by atoms with van der Waals surface area (Å²) in [5.41, 5.74) is 0. The van der Waals surface area contributed by atoms with Crippen molar-refractivity contribution in [2.75, 3.05) is 13.1 Å². The van der Waals surface area contributed by atoms with Crippen molar-refractivity contribution in [2.24, 2.45) is 0 Å². The van der Waals surface area contributed by atoms with E-state index in [1.807, 2.05) is 6.07 Å². The molecule has 0 atom stereocenters. The molecule has 1 aromatic carbocycles. The van der Waals surface area contributed by atoms with Crippen LogP contribution in [-0.2, 0) is 21.1 Å². The Morgan fingerprint density at radius 1 is 1.03 bits per heavy atom. The van der Waals surface area contributed by atoms with Crippen molar-refractivity contribution in [3.05, 3.63) is 53.1 Å². The van der Waals surface area contributed by atoms with Crippen molar-refractivity contribution >= 4 is 21.4 Å². The highest BCUT2D eigenvalue weighted by molar-refractivity contribution is 7.92. The summed E-state index contributed by atoms with van der Waals surface area (Å²) in [6.45, 7) is 6.70. The van der Waals surface area contributed by atoms with Gasteiger partial charge in [-0.25, -0.2) is 8.42 Å². The molecule has 0 N–H and O–H groups in total. The smallest absolute Gasteiger partial charge is 0.283 e. The highest BCUT2D eigenvalue weighted by Crippen LogP contribution is 2.55. The summed E-state index contributed by atoms with van der Waals surface area (Å²) < 4.78 is 36.7. The molecule has 9 heteroatoms. The third-order valence-electron chi connectivity index (χ3n) is 5.30. The summed E-state index contributed by atoms with van der Waals surface area (Å²) in [5.74, 6) is 1.51. The van der Waals surface area contributed by atoms with E-state index in [1.54, 1.807) is 18.2 Å². The molecule has 7 nitrogen and oxygen atoms in total. The molecule has 0 saturated heterocycles. The number of benzene rings is 1. The van der Waals surface area contributed by atoms with Gasteiger partial charge in [0.05, 0.1) is 11.4 Å². The first kappa shape index (κ1) is 20.1. The van der Waals surface area contributed by atoms with Gasteiger partial charge in [-0.15, -0.1) is 10.2 Å². The van der Waals surface area contributed by atoms with Crippen molar-refractivity contribution in [1.82, 2.24) is 15.1 Å². The number of nitrogens with zero attached hydrogens (tertiary/aromatic N) is 3. The lowest BCUT2D eigenvalue weighted by Crippen LogP contribution is -2.21. The molecule has 0 aliphatic heterocycles. The minimum absolute atomic E-state index is 0.101. The molecule has 29 heavy (non-hydrogen) atoms. The van der Waals surface area contributed by atoms with Gasteiger partial charge in [-0.2, -0.15) is 0 Å². The van der Waals surface area contributed by atoms with Crippen LogP contribution in [0, 0.1) is 0 Å². The van der Waals surface area contributed by atoms with Crippen molar-refractivity contribution < 1.29 is 17.3 Å². The van der Waals surface area contributed by atoms with E-state index in [0.717, 1.165) is 18.8 Å². The van der Waals surface area contributed by atoms with E-state index < -0.39 is 14.6 Å². The Labute approximate surface area is 174 Å². The maximum Gasteiger partial charge on any atom is 0.283 e. The Morgan fingerprint density at radius 3 is 2.34 bits per heavy atom. The molecule has 0 bridgehead atoms. The lowest BCUT2D eigenvalue weighted by Gasteiger charge is -2.15. The van der Waals surface area contributed by atoms with E-state index in [1.165, 1.54) is 12.1 Å². The van der Waals surface area contributed by atoms with Crippen LogP contribution in [0.25, 0.3) is 11.7 Å². The molecule has 0 spiro atoms. The van der Waals surface area contributed by atoms with Gasteiger partial charge in [0.15, 0.2) is 20.3 Å². The predicted molar refractivity (Wildman–Crippen MR) is 108 cm³/mol. The number of rotatable bonds is 8. The summed E-state index contributed by atoms with van der Waals surface area (Å²) >= 11 is 5.88. The van der Waals surface area contributed by atoms with Crippen LogP contribution in [0.3, 0.4) is 0 Å². The van der Waals surface area contributed by atoms with Crippen LogP contribution in [0.15, 0.2) is 50.1 Å². The van der Waals surface area contributed by atoms with Gasteiger partial charge in [0.25, 0.3) is 5.89 Å². The Morgan fingerprint density at radius 2 is 1.72 bits per heavy atom. The van der Waals surface area contributed by atoms with Crippen LogP contribution in [0.4, 0.5) is 0 Å². The van der Waals surface area contributed by atoms with E-state index >= 15 is 0 Å². The molecule has 0 unspecified atom stereocenters. The maximum atomic E-state index is 13.2. The topological polar surface area (TPSA) is 89.4 Å². The Bertz CT molecular complexity index is 1100. The van der Waals surface area contributed by atoms with E-state index in [4.69, 9.17) is 20.4 Å². The van der Waals surface area contributed by atoms with Crippen LogP contribution < -0.4 is 0 Å². The molecular weight excluding hydrogens is 414 g/mol. The van der Waals surface area contributed by atoms with Gasteiger partial charge in [-0.3, -0.25) is 4.90 Å². The summed E-state index contributed by atoms with van der Waals surface area (Å²) in [6, 6.07) is 9.76. The molecule has 3 aromatic rings. The summed E-state index contributed by atoms with van der Waals surface area (Å²) in [5, 5.41) is 8.56. The number of hydrogen-bond acceptors (Lipinski definition) is 7. The number of sulfone groups is 1. The molecule has 1 fully saturated rings. The zero-order chi connectivity index (χ0) is 20.6. The maximum absolute atomic E-state index is 13.2. The average molecular weight is 436 g/mol. The molecule has 1 saturated carbocycles. The monoisotopic (exact) mass is 435 g/mol. The second-order valence-electron chi connectivity index (χ2n) is 7.09. The van der Waals surface area contributed by atoms with Crippen molar-refractivity contribution in [1.29, 1.82) is 0 Å². The van der Waals surface area contributed by atoms with Gasteiger partial charge in [0, 0.05) is 5.02 Å². The number of furan rings is 1. The first-order chi connectivity index (χ1) is 13.9.